The fourth-order valence-corrected chi connectivity index (χ4v) is 1.77. The summed E-state index contributed by atoms with van der Waals surface area (Å²) in [6.07, 6.45) is 0. The van der Waals surface area contributed by atoms with Crippen LogP contribution >= 0.6 is 11.3 Å². The molecule has 62 valence electrons. The van der Waals surface area contributed by atoms with E-state index in [1.165, 1.54) is 11.3 Å². The van der Waals surface area contributed by atoms with Crippen LogP contribution in [0.5, 0.6) is 0 Å². The summed E-state index contributed by atoms with van der Waals surface area (Å²) in [6, 6.07) is 5.41. The minimum atomic E-state index is -0.00468. The number of nitrogens with zero attached hydrogens (tertiary/aromatic N) is 1. The van der Waals surface area contributed by atoms with Crippen molar-refractivity contribution in [3.63, 3.8) is 0 Å². The molecular formula is C8H8N2OS. The van der Waals surface area contributed by atoms with E-state index in [9.17, 15) is 4.79 Å². The Balaban J connectivity index is 2.61. The van der Waals surface area contributed by atoms with Gasteiger partial charge in [-0.05, 0) is 24.4 Å². The molecule has 0 aliphatic rings. The molecule has 0 bridgehead atoms. The van der Waals surface area contributed by atoms with Gasteiger partial charge in [0.15, 0.2) is 0 Å². The molecule has 12 heavy (non-hydrogen) atoms. The predicted octanol–water partition coefficient (Wildman–Crippen LogP) is 1.54. The number of aryl methyl sites for hydroxylation is 1. The van der Waals surface area contributed by atoms with Gasteiger partial charge in [-0.2, -0.15) is 0 Å². The molecule has 3 nitrogen and oxygen atoms in total. The van der Waals surface area contributed by atoms with E-state index < -0.39 is 0 Å². The summed E-state index contributed by atoms with van der Waals surface area (Å²) in [5.41, 5.74) is 0.878. The lowest BCUT2D eigenvalue weighted by molar-refractivity contribution is 0.850. The first-order valence-corrected chi connectivity index (χ1v) is 4.48. The summed E-state index contributed by atoms with van der Waals surface area (Å²) in [5, 5.41) is 5.83. The molecule has 0 aliphatic heterocycles. The van der Waals surface area contributed by atoms with Crippen LogP contribution < -0.4 is 5.56 Å². The molecule has 0 aliphatic carbocycles. The molecule has 0 unspecified atom stereocenters. The van der Waals surface area contributed by atoms with Crippen molar-refractivity contribution in [2.45, 2.75) is 6.92 Å². The van der Waals surface area contributed by atoms with Crippen LogP contribution in [0.15, 0.2) is 28.4 Å². The smallest absolute Gasteiger partial charge is 0.272 e. The third-order valence-corrected chi connectivity index (χ3v) is 2.43. The van der Waals surface area contributed by atoms with Gasteiger partial charge in [0.1, 0.15) is 5.00 Å². The van der Waals surface area contributed by atoms with Crippen LogP contribution in [0.4, 0.5) is 0 Å². The highest BCUT2D eigenvalue weighted by Crippen LogP contribution is 2.11. The van der Waals surface area contributed by atoms with Gasteiger partial charge in [0.25, 0.3) is 5.56 Å². The minimum Gasteiger partial charge on any atom is -0.295 e. The zero-order chi connectivity index (χ0) is 8.55. The molecule has 0 saturated heterocycles. The molecule has 0 saturated carbocycles. The first-order valence-electron chi connectivity index (χ1n) is 3.60. The van der Waals surface area contributed by atoms with Crippen LogP contribution in [0.2, 0.25) is 0 Å². The van der Waals surface area contributed by atoms with Crippen LogP contribution in [0.1, 0.15) is 5.69 Å². The normalized spacial score (nSPS) is 10.4. The fraction of sp³-hybridized carbons (Fsp3) is 0.125. The number of hydrogen-bond donors (Lipinski definition) is 1. The summed E-state index contributed by atoms with van der Waals surface area (Å²) < 4.78 is 1.54. The number of H-pyrrole nitrogens is 1. The Morgan fingerprint density at radius 2 is 2.42 bits per heavy atom. The van der Waals surface area contributed by atoms with E-state index in [2.05, 4.69) is 5.10 Å². The summed E-state index contributed by atoms with van der Waals surface area (Å²) in [6.45, 7) is 1.87. The van der Waals surface area contributed by atoms with Gasteiger partial charge in [0.05, 0.1) is 0 Å². The molecule has 0 fully saturated rings. The number of hydrogen-bond acceptors (Lipinski definition) is 2. The van der Waals surface area contributed by atoms with E-state index in [0.717, 1.165) is 10.7 Å². The van der Waals surface area contributed by atoms with Crippen molar-refractivity contribution in [3.05, 3.63) is 39.6 Å². The summed E-state index contributed by atoms with van der Waals surface area (Å²) in [7, 11) is 0. The Labute approximate surface area is 73.3 Å². The molecule has 2 heterocycles. The van der Waals surface area contributed by atoms with Crippen molar-refractivity contribution in [1.29, 1.82) is 0 Å². The van der Waals surface area contributed by atoms with Gasteiger partial charge < -0.3 is 0 Å². The van der Waals surface area contributed by atoms with Crippen LogP contribution in [0.3, 0.4) is 0 Å². The number of rotatable bonds is 1. The first-order chi connectivity index (χ1) is 5.77. The van der Waals surface area contributed by atoms with Gasteiger partial charge in [-0.1, -0.05) is 0 Å². The van der Waals surface area contributed by atoms with Gasteiger partial charge in [-0.25, -0.2) is 4.68 Å². The number of thiophene rings is 1. The number of aromatic amines is 1. The van der Waals surface area contributed by atoms with Crippen molar-refractivity contribution in [2.75, 3.05) is 0 Å². The van der Waals surface area contributed by atoms with Crippen molar-refractivity contribution in [3.8, 4) is 5.00 Å². The molecule has 0 spiro atoms. The van der Waals surface area contributed by atoms with E-state index in [1.54, 1.807) is 10.7 Å². The largest absolute Gasteiger partial charge is 0.295 e. The Kier molecular flexibility index (Phi) is 1.62. The molecule has 2 aromatic rings. The second kappa shape index (κ2) is 2.64. The van der Waals surface area contributed by atoms with Gasteiger partial charge in [0.2, 0.25) is 0 Å². The first kappa shape index (κ1) is 7.36. The zero-order valence-corrected chi connectivity index (χ0v) is 7.39. The minimum absolute atomic E-state index is 0.00468. The molecular weight excluding hydrogens is 172 g/mol. The lowest BCUT2D eigenvalue weighted by Crippen LogP contribution is -2.11. The Morgan fingerprint density at radius 3 is 2.92 bits per heavy atom. The average molecular weight is 180 g/mol. The van der Waals surface area contributed by atoms with E-state index in [0.29, 0.717) is 0 Å². The Morgan fingerprint density at radius 1 is 1.58 bits per heavy atom. The van der Waals surface area contributed by atoms with Crippen molar-refractivity contribution in [1.82, 2.24) is 9.78 Å². The average Bonchev–Trinajstić information content (AvgIpc) is 2.58. The van der Waals surface area contributed by atoms with E-state index in [1.807, 2.05) is 24.4 Å². The SMILES string of the molecule is Cc1cc(=O)n(-c2cccs2)[nH]1. The molecule has 2 rings (SSSR count). The summed E-state index contributed by atoms with van der Waals surface area (Å²) in [4.78, 5) is 11.3. The zero-order valence-electron chi connectivity index (χ0n) is 6.57. The Hall–Kier alpha value is -1.29. The highest BCUT2D eigenvalue weighted by Gasteiger charge is 2.01. The predicted molar refractivity (Wildman–Crippen MR) is 49.0 cm³/mol. The van der Waals surface area contributed by atoms with Crippen LogP contribution in [-0.2, 0) is 0 Å². The highest BCUT2D eigenvalue weighted by molar-refractivity contribution is 7.12. The van der Waals surface area contributed by atoms with Gasteiger partial charge in [-0.15, -0.1) is 11.3 Å². The Bertz CT molecular complexity index is 424. The molecule has 0 aromatic carbocycles. The van der Waals surface area contributed by atoms with E-state index in [-0.39, 0.29) is 5.56 Å². The van der Waals surface area contributed by atoms with Crippen molar-refractivity contribution in [2.24, 2.45) is 0 Å². The summed E-state index contributed by atoms with van der Waals surface area (Å²) in [5.74, 6) is 0. The topological polar surface area (TPSA) is 37.8 Å². The fourth-order valence-electron chi connectivity index (χ4n) is 1.07. The van der Waals surface area contributed by atoms with Gasteiger partial charge in [-0.3, -0.25) is 9.89 Å². The molecule has 0 atom stereocenters. The molecule has 0 amide bonds. The third kappa shape index (κ3) is 1.10. The maximum Gasteiger partial charge on any atom is 0.272 e. The van der Waals surface area contributed by atoms with Crippen LogP contribution in [0, 0.1) is 6.92 Å². The second-order valence-electron chi connectivity index (χ2n) is 2.56. The highest BCUT2D eigenvalue weighted by atomic mass is 32.1. The number of nitrogens with one attached hydrogen (secondary N) is 1. The molecule has 4 heteroatoms. The summed E-state index contributed by atoms with van der Waals surface area (Å²) >= 11 is 1.54. The number of aromatic nitrogens is 2. The van der Waals surface area contributed by atoms with Gasteiger partial charge >= 0.3 is 0 Å². The third-order valence-electron chi connectivity index (χ3n) is 1.58. The maximum atomic E-state index is 11.3. The standard InChI is InChI=1S/C8H8N2OS/c1-6-5-7(11)10(9-6)8-3-2-4-12-8/h2-5,9H,1H3. The van der Waals surface area contributed by atoms with E-state index >= 15 is 0 Å². The second-order valence-corrected chi connectivity index (χ2v) is 3.49. The van der Waals surface area contributed by atoms with Gasteiger partial charge in [0, 0.05) is 11.8 Å². The monoisotopic (exact) mass is 180 g/mol. The molecule has 2 aromatic heterocycles. The lowest BCUT2D eigenvalue weighted by atomic mass is 10.5. The molecule has 0 radical (unpaired) electrons. The van der Waals surface area contributed by atoms with Crippen molar-refractivity contribution >= 4 is 11.3 Å². The van der Waals surface area contributed by atoms with Crippen LogP contribution in [-0.4, -0.2) is 9.78 Å². The maximum absolute atomic E-state index is 11.3. The van der Waals surface area contributed by atoms with Crippen molar-refractivity contribution < 1.29 is 0 Å². The van der Waals surface area contributed by atoms with E-state index in [4.69, 9.17) is 0 Å². The quantitative estimate of drug-likeness (QED) is 0.710. The molecule has 1 N–H and O–H groups in total. The van der Waals surface area contributed by atoms with Crippen LogP contribution in [0.25, 0.3) is 5.00 Å². The lowest BCUT2D eigenvalue weighted by Gasteiger charge is -1.94.